The Balaban J connectivity index is 9.37. The first-order valence-corrected chi connectivity index (χ1v) is 46.3. The fraction of sp³-hybridized carbons (Fsp3) is 0.804. The van der Waals surface area contributed by atoms with Gasteiger partial charge in [-0.3, -0.25) is 95.9 Å². The van der Waals surface area contributed by atoms with Crippen LogP contribution in [0.4, 0.5) is 0 Å². The molecule has 0 aliphatic heterocycles. The summed E-state index contributed by atoms with van der Waals surface area (Å²) in [5, 5.41) is 0. The topological polar surface area (TPSA) is 526 Å². The molecule has 0 saturated heterocycles. The molecule has 0 bridgehead atoms. The van der Waals surface area contributed by atoms with Crippen molar-refractivity contribution in [2.24, 2.45) is 108 Å². The van der Waals surface area contributed by atoms with Crippen LogP contribution < -0.4 is 0 Å². The molecule has 0 heterocycles. The van der Waals surface area contributed by atoms with E-state index in [-0.39, 0.29) is 19.3 Å². The van der Waals surface area contributed by atoms with Gasteiger partial charge in [-0.05, 0) is 274 Å². The Bertz CT molecular complexity index is 4370. The Morgan fingerprint density at radius 1 is 0.113 bits per heavy atom. The highest BCUT2D eigenvalue weighted by Gasteiger charge is 2.66. The molecule has 0 amide bonds. The van der Waals surface area contributed by atoms with Crippen molar-refractivity contribution >= 4 is 119 Å². The van der Waals surface area contributed by atoms with E-state index in [1.807, 2.05) is 0 Å². The van der Waals surface area contributed by atoms with Gasteiger partial charge in [-0.25, -0.2) is 0 Å². The molecule has 0 rings (SSSR count). The molecule has 40 heteroatoms. The molecule has 0 saturated carbocycles. The van der Waals surface area contributed by atoms with Crippen LogP contribution in [0.1, 0.15) is 281 Å². The third-order valence-corrected chi connectivity index (χ3v) is 29.3. The van der Waals surface area contributed by atoms with Crippen LogP contribution in [-0.4, -0.2) is 262 Å². The fourth-order valence-corrected chi connectivity index (χ4v) is 25.6. The van der Waals surface area contributed by atoms with Crippen LogP contribution in [0.5, 0.6) is 0 Å². The van der Waals surface area contributed by atoms with E-state index in [0.717, 1.165) is 135 Å². The summed E-state index contributed by atoms with van der Waals surface area (Å²) in [5.74, 6) is -20.4. The molecular weight excluding hydrogens is 1870 g/mol. The van der Waals surface area contributed by atoms with E-state index in [0.29, 0.717) is 0 Å². The molecule has 0 aliphatic rings. The van der Waals surface area contributed by atoms with Crippen LogP contribution in [0.3, 0.4) is 0 Å². The van der Waals surface area contributed by atoms with Gasteiger partial charge in [0.15, 0.2) is 0 Å². The van der Waals surface area contributed by atoms with Crippen molar-refractivity contribution in [2.75, 3.05) is 142 Å². The predicted octanol–water partition coefficient (Wildman–Crippen LogP) is 12.4. The Hall–Kier alpha value is -10.6. The second kappa shape index (κ2) is 49.8. The van der Waals surface area contributed by atoms with E-state index in [1.54, 1.807) is 13.8 Å². The number of rotatable bonds is 59. The molecule has 0 radical (unpaired) electrons. The van der Waals surface area contributed by atoms with Crippen LogP contribution in [0, 0.1) is 108 Å². The summed E-state index contributed by atoms with van der Waals surface area (Å²) in [7, 11) is 20.7. The largest absolute Gasteiger partial charge is 0.469 e. The highest BCUT2D eigenvalue weighted by Crippen LogP contribution is 2.62. The van der Waals surface area contributed by atoms with E-state index < -0.39 is 337 Å². The van der Waals surface area contributed by atoms with Crippen molar-refractivity contribution in [1.82, 2.24) is 0 Å². The van der Waals surface area contributed by atoms with Gasteiger partial charge in [0.2, 0.25) is 0 Å². The first-order chi connectivity index (χ1) is 64.6. The molecule has 19 atom stereocenters. The summed E-state index contributed by atoms with van der Waals surface area (Å²) < 4.78 is 109. The van der Waals surface area contributed by atoms with E-state index >= 15 is 47.9 Å². The third kappa shape index (κ3) is 30.1. The van der Waals surface area contributed by atoms with E-state index in [2.05, 4.69) is 0 Å². The third-order valence-electron chi connectivity index (χ3n) is 29.3. The molecule has 40 nitrogen and oxygen atoms in total. The SMILES string of the molecule is CCC(C)(CC(C)(CC(C)(CC(C)(CC(C)(CC(C)(CC(C)(CC(C)(CC(C)(CC(C)(CC(C)(CC(C)(CC(C)(CC(C)(CC(C)(CC(C)(CC(C)(CC(C)(CC(C)(CC(C)(C)C(=O)OC)C(=O)OC)C(=O)OC)C(=O)OC)C(=O)OC)C(=O)OC)C(=O)OC)C(=O)OC)C(=O)OC)C(=O)OC)C(=O)OC)C(=O)OC)C(=O)OC)C(=O)OC)C(=O)OC)C(=O)OC)C(=O)OC)C(=O)OC)C(=O)OC)C(=O)OC. The molecule has 0 aromatic heterocycles. The number of esters is 20. The standard InChI is InChI=1S/C102H166O40/c1-43-84(4,64(104)124-24)45-86(6,66(106)126-26)47-88(8,68(108)128-28)49-90(10,70(110)130-30)51-92(12,72(112)132-32)53-94(14,74(114)134-34)55-96(16,76(116)136-36)57-98(18,78(118)138-38)59-100(20,80(120)140-40)61-102(22,82(122)142-42)62-101(21,81(121)141-41)60-99(19,79(119)139-39)58-97(17,77(117)137-37)56-95(15,75(115)135-35)54-93(13,73(113)133-33)52-91(11,71(111)131-31)50-89(9,69(109)129-29)48-87(7,67(107)127-27)46-85(5,65(105)125-25)44-83(2,3)63(103)123-23/h43-62H2,1-42H3. The Morgan fingerprint density at radius 2 is 0.176 bits per heavy atom. The quantitative estimate of drug-likeness (QED) is 0.0403. The maximum Gasteiger partial charge on any atom is 0.311 e. The summed E-state index contributed by atoms with van der Waals surface area (Å²) in [6.45, 7) is 30.5. The van der Waals surface area contributed by atoms with Gasteiger partial charge < -0.3 is 94.7 Å². The number of methoxy groups -OCH3 is 20. The molecular formula is C102H166O40. The Morgan fingerprint density at radius 3 is 0.246 bits per heavy atom. The summed E-state index contributed by atoms with van der Waals surface area (Å²) >= 11 is 0. The van der Waals surface area contributed by atoms with Gasteiger partial charge in [-0.1, -0.05) is 6.92 Å². The minimum absolute atomic E-state index is 0.149. The van der Waals surface area contributed by atoms with Gasteiger partial charge >= 0.3 is 119 Å². The predicted molar refractivity (Wildman–Crippen MR) is 506 cm³/mol. The number of ether oxygens (including phenoxy) is 20. The highest BCUT2D eigenvalue weighted by molar-refractivity contribution is 5.92. The second-order valence-corrected chi connectivity index (χ2v) is 45.1. The van der Waals surface area contributed by atoms with Crippen LogP contribution in [-0.2, 0) is 191 Å². The van der Waals surface area contributed by atoms with Crippen LogP contribution in [0.2, 0.25) is 0 Å². The minimum Gasteiger partial charge on any atom is -0.469 e. The maximum atomic E-state index is 15.3. The number of hydrogen-bond acceptors (Lipinski definition) is 40. The number of carbonyl (C=O) groups is 20. The van der Waals surface area contributed by atoms with Gasteiger partial charge in [0.25, 0.3) is 0 Å². The molecule has 0 aliphatic carbocycles. The van der Waals surface area contributed by atoms with Gasteiger partial charge in [0.05, 0.1) is 250 Å². The van der Waals surface area contributed by atoms with Gasteiger partial charge in [-0.15, -0.1) is 0 Å². The molecule has 814 valence electrons. The van der Waals surface area contributed by atoms with E-state index in [4.69, 9.17) is 94.7 Å². The van der Waals surface area contributed by atoms with Crippen molar-refractivity contribution in [3.63, 3.8) is 0 Å². The molecule has 142 heavy (non-hydrogen) atoms. The highest BCUT2D eigenvalue weighted by atomic mass is 16.6. The summed E-state index contributed by atoms with van der Waals surface area (Å²) in [6.07, 6.45) is -12.1. The zero-order chi connectivity index (χ0) is 112. The Kier molecular flexibility index (Phi) is 46.1. The zero-order valence-corrected chi connectivity index (χ0v) is 92.5. The molecule has 0 spiro atoms. The first-order valence-electron chi connectivity index (χ1n) is 46.3. The average Bonchev–Trinajstić information content (AvgIpc) is 0.746. The van der Waals surface area contributed by atoms with Gasteiger partial charge in [-0.2, -0.15) is 0 Å². The van der Waals surface area contributed by atoms with Crippen molar-refractivity contribution in [1.29, 1.82) is 0 Å². The van der Waals surface area contributed by atoms with Crippen molar-refractivity contribution < 1.29 is 191 Å². The molecule has 0 aromatic carbocycles. The minimum atomic E-state index is -2.23. The smallest absolute Gasteiger partial charge is 0.311 e. The monoisotopic (exact) mass is 2030 g/mol. The molecule has 0 N–H and O–H groups in total. The maximum absolute atomic E-state index is 15.3. The van der Waals surface area contributed by atoms with Crippen LogP contribution >= 0.6 is 0 Å². The van der Waals surface area contributed by atoms with Gasteiger partial charge in [0, 0.05) is 0 Å². The molecule has 0 fully saturated rings. The lowest BCUT2D eigenvalue weighted by Gasteiger charge is -2.48. The molecule has 19 unspecified atom stereocenters. The van der Waals surface area contributed by atoms with Gasteiger partial charge in [0.1, 0.15) is 0 Å². The van der Waals surface area contributed by atoms with Crippen molar-refractivity contribution in [2.45, 2.75) is 281 Å². The summed E-state index contributed by atoms with van der Waals surface area (Å²) in [4.78, 5) is 295. The normalized spacial score (nSPS) is 19.7. The second-order valence-electron chi connectivity index (χ2n) is 45.1. The Labute approximate surface area is 837 Å². The lowest BCUT2D eigenvalue weighted by Crippen LogP contribution is -2.52. The van der Waals surface area contributed by atoms with Crippen LogP contribution in [0.25, 0.3) is 0 Å². The zero-order valence-electron chi connectivity index (χ0n) is 92.5. The number of carbonyl (C=O) groups excluding carboxylic acids is 20. The van der Waals surface area contributed by atoms with Crippen LogP contribution in [0.15, 0.2) is 0 Å². The molecule has 0 aromatic rings. The van der Waals surface area contributed by atoms with E-state index in [9.17, 15) is 47.9 Å². The fourth-order valence-electron chi connectivity index (χ4n) is 25.6. The van der Waals surface area contributed by atoms with E-state index in [1.165, 1.54) is 146 Å². The lowest BCUT2D eigenvalue weighted by atomic mass is 9.55. The average molecular weight is 2030 g/mol. The summed E-state index contributed by atoms with van der Waals surface area (Å²) in [6, 6.07) is 0. The van der Waals surface area contributed by atoms with Crippen molar-refractivity contribution in [3.05, 3.63) is 0 Å². The van der Waals surface area contributed by atoms with Crippen molar-refractivity contribution in [3.8, 4) is 0 Å². The lowest BCUT2D eigenvalue weighted by molar-refractivity contribution is -0.178. The first kappa shape index (κ1) is 131. The number of hydrogen-bond donors (Lipinski definition) is 0. The summed E-state index contributed by atoms with van der Waals surface area (Å²) in [5.41, 5.74) is -40.2.